The van der Waals surface area contributed by atoms with Gasteiger partial charge in [0.05, 0.1) is 10.2 Å². The van der Waals surface area contributed by atoms with Crippen molar-refractivity contribution in [3.8, 4) is 0 Å². The number of carbonyl (C=O) groups is 2. The van der Waals surface area contributed by atoms with Crippen molar-refractivity contribution in [2.45, 2.75) is 45.4 Å². The molecule has 2 fully saturated rings. The van der Waals surface area contributed by atoms with Crippen molar-refractivity contribution >= 4 is 33.3 Å². The van der Waals surface area contributed by atoms with E-state index in [2.05, 4.69) is 35.1 Å². The molecule has 0 spiro atoms. The first-order chi connectivity index (χ1) is 10.2. The highest BCUT2D eigenvalue weighted by molar-refractivity contribution is 9.10. The molecule has 22 heavy (non-hydrogen) atoms. The van der Waals surface area contributed by atoms with E-state index in [1.807, 2.05) is 38.1 Å². The van der Waals surface area contributed by atoms with Crippen molar-refractivity contribution in [3.63, 3.8) is 0 Å². The van der Waals surface area contributed by atoms with Gasteiger partial charge in [-0.25, -0.2) is 0 Å². The standard InChI is InChI=1S/C18H22BrNO2/c1-11-7-5-6-8-12(11)20-15(22)18-10-9-17(4,16(18,2)3)14(21)13(18)19/h5-8,13H,9-10H2,1-4H3,(H,20,22)/t13?,17-,18+/m0/s1. The topological polar surface area (TPSA) is 46.2 Å². The fourth-order valence-electron chi connectivity index (χ4n) is 4.40. The van der Waals surface area contributed by atoms with Crippen molar-refractivity contribution in [1.29, 1.82) is 0 Å². The van der Waals surface area contributed by atoms with Crippen molar-refractivity contribution in [3.05, 3.63) is 29.8 Å². The second kappa shape index (κ2) is 4.67. The molecule has 2 aliphatic rings. The Balaban J connectivity index is 2.02. The Morgan fingerprint density at radius 1 is 1.23 bits per heavy atom. The third-order valence-corrected chi connectivity index (χ3v) is 7.72. The molecule has 1 aromatic carbocycles. The van der Waals surface area contributed by atoms with Crippen LogP contribution in [0.3, 0.4) is 0 Å². The highest BCUT2D eigenvalue weighted by Gasteiger charge is 2.76. The lowest BCUT2D eigenvalue weighted by atomic mass is 9.64. The Bertz CT molecular complexity index is 669. The van der Waals surface area contributed by atoms with Gasteiger partial charge in [0.15, 0.2) is 5.78 Å². The molecule has 2 saturated carbocycles. The average molecular weight is 364 g/mol. The molecule has 1 unspecified atom stereocenters. The molecule has 0 heterocycles. The maximum absolute atomic E-state index is 13.2. The fourth-order valence-corrected chi connectivity index (χ4v) is 5.92. The van der Waals surface area contributed by atoms with Crippen LogP contribution in [0.25, 0.3) is 0 Å². The number of nitrogens with one attached hydrogen (secondary N) is 1. The fraction of sp³-hybridized carbons (Fsp3) is 0.556. The number of rotatable bonds is 2. The molecule has 0 aliphatic heterocycles. The van der Waals surface area contributed by atoms with E-state index in [-0.39, 0.29) is 17.1 Å². The Morgan fingerprint density at radius 3 is 2.41 bits per heavy atom. The van der Waals surface area contributed by atoms with Gasteiger partial charge in [0, 0.05) is 11.1 Å². The monoisotopic (exact) mass is 363 g/mol. The third-order valence-electron chi connectivity index (χ3n) is 6.52. The molecular weight excluding hydrogens is 342 g/mol. The van der Waals surface area contributed by atoms with Gasteiger partial charge in [-0.15, -0.1) is 0 Å². The lowest BCUT2D eigenvalue weighted by Gasteiger charge is -2.39. The number of ketones is 1. The Morgan fingerprint density at radius 2 is 1.86 bits per heavy atom. The van der Waals surface area contributed by atoms with Crippen LogP contribution in [0.2, 0.25) is 0 Å². The number of benzene rings is 1. The summed E-state index contributed by atoms with van der Waals surface area (Å²) >= 11 is 3.55. The predicted molar refractivity (Wildman–Crippen MR) is 91.1 cm³/mol. The van der Waals surface area contributed by atoms with Crippen molar-refractivity contribution < 1.29 is 9.59 Å². The molecule has 0 aromatic heterocycles. The van der Waals surface area contributed by atoms with Crippen LogP contribution in [0.4, 0.5) is 5.69 Å². The molecular formula is C18H22BrNO2. The summed E-state index contributed by atoms with van der Waals surface area (Å²) in [5.74, 6) is 0.131. The van der Waals surface area contributed by atoms with Crippen LogP contribution in [0, 0.1) is 23.2 Å². The summed E-state index contributed by atoms with van der Waals surface area (Å²) < 4.78 is 0. The van der Waals surface area contributed by atoms with E-state index in [0.717, 1.165) is 24.1 Å². The molecule has 3 atom stereocenters. The Kier molecular flexibility index (Phi) is 3.34. The zero-order valence-electron chi connectivity index (χ0n) is 13.5. The predicted octanol–water partition coefficient (Wildman–Crippen LogP) is 4.09. The second-order valence-corrected chi connectivity index (χ2v) is 8.34. The van der Waals surface area contributed by atoms with Crippen LogP contribution < -0.4 is 5.32 Å². The summed E-state index contributed by atoms with van der Waals surface area (Å²) in [4.78, 5) is 25.5. The number of carbonyl (C=O) groups excluding carboxylic acids is 2. The van der Waals surface area contributed by atoms with E-state index < -0.39 is 15.7 Å². The van der Waals surface area contributed by atoms with Crippen LogP contribution >= 0.6 is 15.9 Å². The van der Waals surface area contributed by atoms with Gasteiger partial charge in [-0.05, 0) is 36.8 Å². The first-order valence-electron chi connectivity index (χ1n) is 7.74. The third kappa shape index (κ3) is 1.62. The number of Topliss-reactive ketones (excluding diaryl/α,β-unsaturated/α-hetero) is 1. The molecule has 0 saturated heterocycles. The second-order valence-electron chi connectivity index (χ2n) is 7.42. The molecule has 1 N–H and O–H groups in total. The summed E-state index contributed by atoms with van der Waals surface area (Å²) in [6, 6.07) is 7.75. The van der Waals surface area contributed by atoms with Crippen molar-refractivity contribution in [1.82, 2.24) is 0 Å². The maximum atomic E-state index is 13.2. The zero-order chi connectivity index (χ0) is 16.3. The van der Waals surface area contributed by atoms with E-state index >= 15 is 0 Å². The summed E-state index contributed by atoms with van der Waals surface area (Å²) in [5, 5.41) is 3.07. The van der Waals surface area contributed by atoms with Crippen LogP contribution in [0.5, 0.6) is 0 Å². The molecule has 3 rings (SSSR count). The molecule has 1 aromatic rings. The molecule has 4 heteroatoms. The first kappa shape index (κ1) is 15.7. The minimum absolute atomic E-state index is 0.0387. The SMILES string of the molecule is Cc1ccccc1NC(=O)[C@@]12CC[C@@](C)(C(=O)C1Br)C2(C)C. The van der Waals surface area contributed by atoms with Gasteiger partial charge in [-0.3, -0.25) is 9.59 Å². The summed E-state index contributed by atoms with van der Waals surface area (Å²) in [6.45, 7) is 8.12. The number of aryl methyl sites for hydroxylation is 1. The number of anilines is 1. The van der Waals surface area contributed by atoms with Gasteiger partial charge in [-0.2, -0.15) is 0 Å². The summed E-state index contributed by atoms with van der Waals surface area (Å²) in [5.41, 5.74) is 0.384. The molecule has 2 aliphatic carbocycles. The minimum atomic E-state index is -0.679. The first-order valence-corrected chi connectivity index (χ1v) is 8.65. The van der Waals surface area contributed by atoms with Gasteiger partial charge in [-0.1, -0.05) is 54.9 Å². The van der Waals surface area contributed by atoms with Gasteiger partial charge in [0.25, 0.3) is 0 Å². The largest absolute Gasteiger partial charge is 0.325 e. The summed E-state index contributed by atoms with van der Waals surface area (Å²) in [7, 11) is 0. The van der Waals surface area contributed by atoms with E-state index in [0.29, 0.717) is 0 Å². The Hall–Kier alpha value is -1.16. The van der Waals surface area contributed by atoms with Gasteiger partial charge in [0.1, 0.15) is 0 Å². The zero-order valence-corrected chi connectivity index (χ0v) is 15.1. The van der Waals surface area contributed by atoms with Gasteiger partial charge in [0.2, 0.25) is 5.91 Å². The minimum Gasteiger partial charge on any atom is -0.325 e. The quantitative estimate of drug-likeness (QED) is 0.804. The van der Waals surface area contributed by atoms with Gasteiger partial charge >= 0.3 is 0 Å². The van der Waals surface area contributed by atoms with Crippen molar-refractivity contribution in [2.75, 3.05) is 5.32 Å². The maximum Gasteiger partial charge on any atom is 0.232 e. The van der Waals surface area contributed by atoms with E-state index in [1.165, 1.54) is 0 Å². The lowest BCUT2D eigenvalue weighted by molar-refractivity contribution is -0.130. The van der Waals surface area contributed by atoms with E-state index in [9.17, 15) is 9.59 Å². The van der Waals surface area contributed by atoms with Crippen LogP contribution in [0.1, 0.15) is 39.2 Å². The molecule has 2 bridgehead atoms. The molecule has 1 amide bonds. The van der Waals surface area contributed by atoms with E-state index in [4.69, 9.17) is 0 Å². The number of hydrogen-bond donors (Lipinski definition) is 1. The average Bonchev–Trinajstić information content (AvgIpc) is 2.74. The molecule has 3 nitrogen and oxygen atoms in total. The number of hydrogen-bond acceptors (Lipinski definition) is 2. The van der Waals surface area contributed by atoms with Crippen LogP contribution in [-0.2, 0) is 9.59 Å². The number of fused-ring (bicyclic) bond motifs is 2. The van der Waals surface area contributed by atoms with Crippen LogP contribution in [0.15, 0.2) is 24.3 Å². The number of alkyl halides is 1. The Labute approximate surface area is 140 Å². The highest BCUT2D eigenvalue weighted by Crippen LogP contribution is 2.72. The lowest BCUT2D eigenvalue weighted by Crippen LogP contribution is -2.48. The van der Waals surface area contributed by atoms with Crippen LogP contribution in [-0.4, -0.2) is 16.5 Å². The van der Waals surface area contributed by atoms with Crippen molar-refractivity contribution in [2.24, 2.45) is 16.2 Å². The normalized spacial score (nSPS) is 35.7. The summed E-state index contributed by atoms with van der Waals surface area (Å²) in [6.07, 6.45) is 1.53. The smallest absolute Gasteiger partial charge is 0.232 e. The number of para-hydroxylation sites is 1. The highest BCUT2D eigenvalue weighted by atomic mass is 79.9. The van der Waals surface area contributed by atoms with Gasteiger partial charge < -0.3 is 5.32 Å². The molecule has 118 valence electrons. The molecule has 0 radical (unpaired) electrons. The number of amides is 1. The van der Waals surface area contributed by atoms with E-state index in [1.54, 1.807) is 0 Å². The number of halogens is 1.